The first-order chi connectivity index (χ1) is 12.2. The maximum Gasteiger partial charge on any atom is 0.260 e. The van der Waals surface area contributed by atoms with E-state index in [9.17, 15) is 4.79 Å². The summed E-state index contributed by atoms with van der Waals surface area (Å²) < 4.78 is 0. The van der Waals surface area contributed by atoms with E-state index >= 15 is 0 Å². The molecular weight excluding hydrogens is 330 g/mol. The molecular formula is C20H19N3OS. The number of carbonyl (C=O) groups excluding carboxylic acids is 1. The van der Waals surface area contributed by atoms with Crippen molar-refractivity contribution in [1.29, 1.82) is 0 Å². The number of aromatic amines is 1. The predicted molar refractivity (Wildman–Crippen MR) is 105 cm³/mol. The molecule has 0 saturated carbocycles. The number of aromatic nitrogens is 1. The molecule has 3 N–H and O–H groups in total. The maximum atomic E-state index is 12.3. The minimum Gasteiger partial charge on any atom is -0.361 e. The monoisotopic (exact) mass is 349 g/mol. The topological polar surface area (TPSA) is 56.9 Å². The highest BCUT2D eigenvalue weighted by atomic mass is 32.2. The van der Waals surface area contributed by atoms with Crippen molar-refractivity contribution in [3.63, 3.8) is 0 Å². The van der Waals surface area contributed by atoms with Crippen LogP contribution in [0.2, 0.25) is 0 Å². The van der Waals surface area contributed by atoms with Crippen LogP contribution in [0.15, 0.2) is 59.6 Å². The van der Waals surface area contributed by atoms with Crippen LogP contribution < -0.4 is 10.6 Å². The highest BCUT2D eigenvalue weighted by Gasteiger charge is 2.27. The fraction of sp³-hybridized carbons (Fsp3) is 0.150. The molecule has 1 aliphatic heterocycles. The van der Waals surface area contributed by atoms with Crippen molar-refractivity contribution in [3.8, 4) is 0 Å². The molecule has 1 aliphatic rings. The van der Waals surface area contributed by atoms with Crippen molar-refractivity contribution in [2.45, 2.75) is 18.8 Å². The molecule has 1 aromatic heterocycles. The van der Waals surface area contributed by atoms with Gasteiger partial charge in [0, 0.05) is 28.4 Å². The Bertz CT molecular complexity index is 943. The predicted octanol–water partition coefficient (Wildman–Crippen LogP) is 4.33. The van der Waals surface area contributed by atoms with Gasteiger partial charge in [-0.05, 0) is 36.3 Å². The van der Waals surface area contributed by atoms with Crippen molar-refractivity contribution in [3.05, 3.63) is 70.8 Å². The van der Waals surface area contributed by atoms with Crippen LogP contribution in [0.4, 0.5) is 5.69 Å². The molecule has 2 aromatic carbocycles. The lowest BCUT2D eigenvalue weighted by Crippen LogP contribution is -2.30. The molecule has 25 heavy (non-hydrogen) atoms. The highest BCUT2D eigenvalue weighted by Crippen LogP contribution is 2.31. The Morgan fingerprint density at radius 3 is 2.76 bits per heavy atom. The van der Waals surface area contributed by atoms with Crippen LogP contribution in [0.1, 0.15) is 18.1 Å². The average Bonchev–Trinajstić information content (AvgIpc) is 3.20. The smallest absolute Gasteiger partial charge is 0.260 e. The number of nitrogens with one attached hydrogen (secondary N) is 3. The Morgan fingerprint density at radius 1 is 1.16 bits per heavy atom. The van der Waals surface area contributed by atoms with Crippen molar-refractivity contribution < 1.29 is 4.79 Å². The molecule has 5 heteroatoms. The van der Waals surface area contributed by atoms with Crippen LogP contribution >= 0.6 is 11.8 Å². The normalized spacial score (nSPS) is 18.7. The van der Waals surface area contributed by atoms with E-state index < -0.39 is 0 Å². The first kappa shape index (κ1) is 15.8. The minimum atomic E-state index is -0.156. The lowest BCUT2D eigenvalue weighted by atomic mass is 10.1. The zero-order valence-corrected chi connectivity index (χ0v) is 14.7. The second-order valence-corrected chi connectivity index (χ2v) is 7.11. The SMILES string of the molecule is CCc1ccc(N[C@@H]2NC(=O)/C(=C/c3c[nH]c4ccccc34)S2)cc1. The second kappa shape index (κ2) is 6.69. The molecule has 1 amide bonds. The van der Waals surface area contributed by atoms with Crippen LogP contribution in [0.3, 0.4) is 0 Å². The number of anilines is 1. The molecule has 2 heterocycles. The third-order valence-electron chi connectivity index (χ3n) is 4.30. The Morgan fingerprint density at radius 2 is 1.96 bits per heavy atom. The number of hydrogen-bond donors (Lipinski definition) is 3. The van der Waals surface area contributed by atoms with E-state index in [1.54, 1.807) is 0 Å². The number of benzene rings is 2. The third kappa shape index (κ3) is 3.28. The Hall–Kier alpha value is -2.66. The minimum absolute atomic E-state index is 0.0436. The molecule has 1 atom stereocenters. The van der Waals surface area contributed by atoms with Gasteiger partial charge in [-0.2, -0.15) is 0 Å². The number of fused-ring (bicyclic) bond motifs is 1. The van der Waals surface area contributed by atoms with E-state index in [4.69, 9.17) is 0 Å². The lowest BCUT2D eigenvalue weighted by Gasteiger charge is -2.12. The number of para-hydroxylation sites is 1. The van der Waals surface area contributed by atoms with Crippen LogP contribution in [-0.2, 0) is 11.2 Å². The summed E-state index contributed by atoms with van der Waals surface area (Å²) in [5, 5.41) is 7.45. The number of H-pyrrole nitrogens is 1. The molecule has 0 unspecified atom stereocenters. The standard InChI is InChI=1S/C20H19N3OS/c1-2-13-7-9-15(10-8-13)22-20-23-19(24)18(25-20)11-14-12-21-17-6-4-3-5-16(14)17/h3-12,20-22H,2H2,1H3,(H,23,24)/b18-11-/t20-/m1/s1. The number of rotatable bonds is 4. The molecule has 1 fully saturated rings. The van der Waals surface area contributed by atoms with E-state index in [2.05, 4.69) is 40.7 Å². The van der Waals surface area contributed by atoms with Gasteiger partial charge in [-0.3, -0.25) is 4.79 Å². The fourth-order valence-electron chi connectivity index (χ4n) is 2.91. The summed E-state index contributed by atoms with van der Waals surface area (Å²) in [6, 6.07) is 16.4. The molecule has 0 bridgehead atoms. The summed E-state index contributed by atoms with van der Waals surface area (Å²) >= 11 is 1.51. The zero-order chi connectivity index (χ0) is 17.2. The van der Waals surface area contributed by atoms with Gasteiger partial charge in [0.2, 0.25) is 0 Å². The van der Waals surface area contributed by atoms with Gasteiger partial charge in [0.15, 0.2) is 5.50 Å². The molecule has 3 aromatic rings. The zero-order valence-electron chi connectivity index (χ0n) is 13.9. The Kier molecular flexibility index (Phi) is 4.24. The fourth-order valence-corrected chi connectivity index (χ4v) is 3.88. The molecule has 4 nitrogen and oxygen atoms in total. The second-order valence-electron chi connectivity index (χ2n) is 5.96. The summed E-state index contributed by atoms with van der Waals surface area (Å²) in [7, 11) is 0. The van der Waals surface area contributed by atoms with E-state index in [1.807, 2.05) is 42.6 Å². The molecule has 4 rings (SSSR count). The lowest BCUT2D eigenvalue weighted by molar-refractivity contribution is -0.116. The van der Waals surface area contributed by atoms with Crippen molar-refractivity contribution >= 4 is 40.3 Å². The van der Waals surface area contributed by atoms with Gasteiger partial charge in [0.25, 0.3) is 5.91 Å². The van der Waals surface area contributed by atoms with Gasteiger partial charge in [0.1, 0.15) is 0 Å². The largest absolute Gasteiger partial charge is 0.361 e. The number of aryl methyl sites for hydroxylation is 1. The highest BCUT2D eigenvalue weighted by molar-refractivity contribution is 8.05. The summed E-state index contributed by atoms with van der Waals surface area (Å²) in [6.45, 7) is 2.14. The number of hydrogen-bond acceptors (Lipinski definition) is 3. The number of amides is 1. The molecule has 0 spiro atoms. The molecule has 126 valence electrons. The van der Waals surface area contributed by atoms with Gasteiger partial charge in [-0.15, -0.1) is 0 Å². The summed E-state index contributed by atoms with van der Waals surface area (Å²) in [5.74, 6) is -0.0436. The van der Waals surface area contributed by atoms with Crippen molar-refractivity contribution in [2.24, 2.45) is 0 Å². The van der Waals surface area contributed by atoms with Crippen molar-refractivity contribution in [1.82, 2.24) is 10.3 Å². The molecule has 0 radical (unpaired) electrons. The van der Waals surface area contributed by atoms with Gasteiger partial charge in [0.05, 0.1) is 4.91 Å². The summed E-state index contributed by atoms with van der Waals surface area (Å²) in [4.78, 5) is 16.2. The summed E-state index contributed by atoms with van der Waals surface area (Å²) in [6.07, 6.45) is 4.91. The van der Waals surface area contributed by atoms with Gasteiger partial charge >= 0.3 is 0 Å². The van der Waals surface area contributed by atoms with Crippen LogP contribution in [0.25, 0.3) is 17.0 Å². The quantitative estimate of drug-likeness (QED) is 0.615. The van der Waals surface area contributed by atoms with Crippen LogP contribution in [0.5, 0.6) is 0 Å². The Labute approximate surface area is 150 Å². The number of carbonyl (C=O) groups is 1. The van der Waals surface area contributed by atoms with Gasteiger partial charge in [-0.1, -0.05) is 49.0 Å². The maximum absolute atomic E-state index is 12.3. The van der Waals surface area contributed by atoms with Crippen LogP contribution in [0, 0.1) is 0 Å². The summed E-state index contributed by atoms with van der Waals surface area (Å²) in [5.41, 5.74) is 4.25. The number of thioether (sulfide) groups is 1. The van der Waals surface area contributed by atoms with E-state index in [0.717, 1.165) is 28.6 Å². The average molecular weight is 349 g/mol. The van der Waals surface area contributed by atoms with E-state index in [0.29, 0.717) is 4.91 Å². The van der Waals surface area contributed by atoms with E-state index in [1.165, 1.54) is 17.3 Å². The first-order valence-electron chi connectivity index (χ1n) is 8.34. The Balaban J connectivity index is 1.51. The third-order valence-corrected chi connectivity index (χ3v) is 5.33. The molecule has 1 saturated heterocycles. The van der Waals surface area contributed by atoms with Crippen LogP contribution in [-0.4, -0.2) is 16.4 Å². The first-order valence-corrected chi connectivity index (χ1v) is 9.22. The van der Waals surface area contributed by atoms with Gasteiger partial charge < -0.3 is 15.6 Å². The van der Waals surface area contributed by atoms with Crippen molar-refractivity contribution in [2.75, 3.05) is 5.32 Å². The van der Waals surface area contributed by atoms with E-state index in [-0.39, 0.29) is 11.4 Å². The molecule has 0 aliphatic carbocycles. The van der Waals surface area contributed by atoms with Gasteiger partial charge in [-0.25, -0.2) is 0 Å².